The molecule has 21 heavy (non-hydrogen) atoms. The lowest BCUT2D eigenvalue weighted by Crippen LogP contribution is -2.31. The molecule has 1 N–H and O–H groups in total. The van der Waals surface area contributed by atoms with Crippen LogP contribution in [0.25, 0.3) is 0 Å². The Labute approximate surface area is 129 Å². The van der Waals surface area contributed by atoms with E-state index in [0.29, 0.717) is 5.92 Å². The fourth-order valence-electron chi connectivity index (χ4n) is 3.07. The van der Waals surface area contributed by atoms with Crippen LogP contribution in [0.1, 0.15) is 37.3 Å². The first kappa shape index (κ1) is 16.3. The highest BCUT2D eigenvalue weighted by atomic mass is 16.5. The number of anilines is 1. The summed E-state index contributed by atoms with van der Waals surface area (Å²) >= 11 is 0. The van der Waals surface area contributed by atoms with E-state index >= 15 is 0 Å². The zero-order valence-corrected chi connectivity index (χ0v) is 13.8. The predicted octanol–water partition coefficient (Wildman–Crippen LogP) is 3.36. The van der Waals surface area contributed by atoms with Gasteiger partial charge in [-0.15, -0.1) is 0 Å². The van der Waals surface area contributed by atoms with Gasteiger partial charge in [0.05, 0.1) is 6.61 Å². The number of aryl methyl sites for hydroxylation is 1. The third-order valence-corrected chi connectivity index (χ3v) is 4.18. The molecule has 0 amide bonds. The largest absolute Gasteiger partial charge is 0.381 e. The van der Waals surface area contributed by atoms with Crippen molar-refractivity contribution in [2.24, 2.45) is 5.92 Å². The lowest BCUT2D eigenvalue weighted by Gasteiger charge is -2.30. The number of nitrogens with one attached hydrogen (secondary N) is 1. The lowest BCUT2D eigenvalue weighted by molar-refractivity contribution is 0.0576. The first-order valence-corrected chi connectivity index (χ1v) is 8.29. The minimum absolute atomic E-state index is 0.668. The van der Waals surface area contributed by atoms with Crippen molar-refractivity contribution >= 4 is 5.69 Å². The van der Waals surface area contributed by atoms with E-state index in [-0.39, 0.29) is 0 Å². The fourth-order valence-corrected chi connectivity index (χ4v) is 3.07. The van der Waals surface area contributed by atoms with E-state index in [1.54, 1.807) is 0 Å². The highest BCUT2D eigenvalue weighted by molar-refractivity contribution is 5.54. The van der Waals surface area contributed by atoms with Crippen LogP contribution in [0, 0.1) is 12.8 Å². The van der Waals surface area contributed by atoms with Gasteiger partial charge in [-0.1, -0.05) is 24.6 Å². The molecule has 0 saturated carbocycles. The monoisotopic (exact) mass is 290 g/mol. The van der Waals surface area contributed by atoms with Gasteiger partial charge in [0.25, 0.3) is 0 Å². The maximum Gasteiger partial charge on any atom is 0.0511 e. The highest BCUT2D eigenvalue weighted by Gasteiger charge is 2.17. The zero-order chi connectivity index (χ0) is 15.1. The van der Waals surface area contributed by atoms with Gasteiger partial charge in [0, 0.05) is 32.4 Å². The maximum absolute atomic E-state index is 5.61. The van der Waals surface area contributed by atoms with Crippen molar-refractivity contribution in [3.63, 3.8) is 0 Å². The Hall–Kier alpha value is -1.06. The first-order valence-electron chi connectivity index (χ1n) is 8.29. The average Bonchev–Trinajstić information content (AvgIpc) is 2.48. The minimum atomic E-state index is 0.668. The van der Waals surface area contributed by atoms with Crippen LogP contribution in [0.5, 0.6) is 0 Å². The summed E-state index contributed by atoms with van der Waals surface area (Å²) in [4.78, 5) is 2.40. The third kappa shape index (κ3) is 5.01. The average molecular weight is 290 g/mol. The molecule has 3 nitrogen and oxygen atoms in total. The molecule has 1 aromatic carbocycles. The molecule has 0 spiro atoms. The van der Waals surface area contributed by atoms with Crippen LogP contribution in [0.3, 0.4) is 0 Å². The Morgan fingerprint density at radius 2 is 2.24 bits per heavy atom. The van der Waals surface area contributed by atoms with E-state index in [9.17, 15) is 0 Å². The second-order valence-corrected chi connectivity index (χ2v) is 6.27. The van der Waals surface area contributed by atoms with Crippen molar-refractivity contribution in [2.75, 3.05) is 38.3 Å². The number of hydrogen-bond donors (Lipinski definition) is 1. The summed E-state index contributed by atoms with van der Waals surface area (Å²) in [6.45, 7) is 9.35. The summed E-state index contributed by atoms with van der Waals surface area (Å²) in [6.07, 6.45) is 3.67. The molecule has 118 valence electrons. The zero-order valence-electron chi connectivity index (χ0n) is 13.8. The Kier molecular flexibility index (Phi) is 6.52. The number of rotatable bonds is 7. The SMILES string of the molecule is CCCNCc1cc(C)ccc1N(C)CC1CCCOC1. The fraction of sp³-hybridized carbons (Fsp3) is 0.667. The maximum atomic E-state index is 5.61. The second kappa shape index (κ2) is 8.40. The van der Waals surface area contributed by atoms with E-state index in [0.717, 1.165) is 32.8 Å². The first-order chi connectivity index (χ1) is 10.2. The molecule has 1 saturated heterocycles. The second-order valence-electron chi connectivity index (χ2n) is 6.27. The van der Waals surface area contributed by atoms with Gasteiger partial charge >= 0.3 is 0 Å². The molecule has 0 radical (unpaired) electrons. The van der Waals surface area contributed by atoms with Crippen LogP contribution in [0.4, 0.5) is 5.69 Å². The van der Waals surface area contributed by atoms with Crippen molar-refractivity contribution in [2.45, 2.75) is 39.7 Å². The van der Waals surface area contributed by atoms with Crippen LogP contribution in [0.2, 0.25) is 0 Å². The molecule has 3 heteroatoms. The van der Waals surface area contributed by atoms with E-state index in [1.807, 2.05) is 0 Å². The van der Waals surface area contributed by atoms with Crippen LogP contribution in [0.15, 0.2) is 18.2 Å². The Morgan fingerprint density at radius 3 is 2.95 bits per heavy atom. The predicted molar refractivity (Wildman–Crippen MR) is 90.0 cm³/mol. The van der Waals surface area contributed by atoms with Gasteiger partial charge < -0.3 is 15.0 Å². The summed E-state index contributed by atoms with van der Waals surface area (Å²) in [5.41, 5.74) is 4.10. The molecule has 1 unspecified atom stereocenters. The molecule has 1 aliphatic heterocycles. The molecule has 0 aromatic heterocycles. The lowest BCUT2D eigenvalue weighted by atomic mass is 10.0. The number of nitrogens with zero attached hydrogens (tertiary/aromatic N) is 1. The highest BCUT2D eigenvalue weighted by Crippen LogP contribution is 2.24. The van der Waals surface area contributed by atoms with E-state index in [4.69, 9.17) is 4.74 Å². The van der Waals surface area contributed by atoms with Gasteiger partial charge in [-0.25, -0.2) is 0 Å². The van der Waals surface area contributed by atoms with Gasteiger partial charge in [-0.05, 0) is 50.3 Å². The van der Waals surface area contributed by atoms with Crippen LogP contribution in [-0.4, -0.2) is 33.4 Å². The normalized spacial score (nSPS) is 18.7. The number of hydrogen-bond acceptors (Lipinski definition) is 3. The van der Waals surface area contributed by atoms with Crippen molar-refractivity contribution in [3.05, 3.63) is 29.3 Å². The minimum Gasteiger partial charge on any atom is -0.381 e. The topological polar surface area (TPSA) is 24.5 Å². The van der Waals surface area contributed by atoms with E-state index in [2.05, 4.69) is 49.3 Å². The molecule has 1 aliphatic rings. The van der Waals surface area contributed by atoms with Gasteiger partial charge in [0.2, 0.25) is 0 Å². The van der Waals surface area contributed by atoms with Gasteiger partial charge in [-0.2, -0.15) is 0 Å². The van der Waals surface area contributed by atoms with Crippen molar-refractivity contribution < 1.29 is 4.74 Å². The van der Waals surface area contributed by atoms with Gasteiger partial charge in [0.1, 0.15) is 0 Å². The summed E-state index contributed by atoms with van der Waals surface area (Å²) in [5, 5.41) is 3.53. The van der Waals surface area contributed by atoms with Crippen molar-refractivity contribution in [1.82, 2.24) is 5.32 Å². The van der Waals surface area contributed by atoms with Gasteiger partial charge in [0.15, 0.2) is 0 Å². The molecule has 0 bridgehead atoms. The molecule has 2 rings (SSSR count). The smallest absolute Gasteiger partial charge is 0.0511 e. The number of ether oxygens (including phenoxy) is 1. The summed E-state index contributed by atoms with van der Waals surface area (Å²) < 4.78 is 5.61. The number of benzene rings is 1. The van der Waals surface area contributed by atoms with Crippen LogP contribution < -0.4 is 10.2 Å². The quantitative estimate of drug-likeness (QED) is 0.779. The Bertz CT molecular complexity index is 427. The molecule has 1 atom stereocenters. The van der Waals surface area contributed by atoms with E-state index in [1.165, 1.54) is 36.1 Å². The van der Waals surface area contributed by atoms with Crippen molar-refractivity contribution in [1.29, 1.82) is 0 Å². The molecule has 0 aliphatic carbocycles. The van der Waals surface area contributed by atoms with Crippen molar-refractivity contribution in [3.8, 4) is 0 Å². The molecular weight excluding hydrogens is 260 g/mol. The van der Waals surface area contributed by atoms with Crippen LogP contribution in [-0.2, 0) is 11.3 Å². The molecule has 1 heterocycles. The molecule has 1 aromatic rings. The summed E-state index contributed by atoms with van der Waals surface area (Å²) in [6, 6.07) is 6.79. The Balaban J connectivity index is 2.01. The van der Waals surface area contributed by atoms with Gasteiger partial charge in [-0.3, -0.25) is 0 Å². The molecular formula is C18H30N2O. The third-order valence-electron chi connectivity index (χ3n) is 4.18. The summed E-state index contributed by atoms with van der Waals surface area (Å²) in [5.74, 6) is 0.668. The molecule has 1 fully saturated rings. The standard InChI is InChI=1S/C18H30N2O/c1-4-9-19-12-17-11-15(2)7-8-18(17)20(3)13-16-6-5-10-21-14-16/h7-8,11,16,19H,4-6,9-10,12-14H2,1-3H3. The summed E-state index contributed by atoms with van der Waals surface area (Å²) in [7, 11) is 2.21. The van der Waals surface area contributed by atoms with Crippen LogP contribution >= 0.6 is 0 Å². The van der Waals surface area contributed by atoms with E-state index < -0.39 is 0 Å². The Morgan fingerprint density at radius 1 is 1.38 bits per heavy atom.